The molecule has 1 unspecified atom stereocenters. The van der Waals surface area contributed by atoms with E-state index >= 15 is 0 Å². The average molecular weight is 325 g/mol. The van der Waals surface area contributed by atoms with Gasteiger partial charge < -0.3 is 10.6 Å². The van der Waals surface area contributed by atoms with E-state index in [1.165, 1.54) is 16.1 Å². The topological polar surface area (TPSA) is 29.3 Å². The molecule has 2 aromatic rings. The molecular weight excluding hydrogens is 308 g/mol. The number of rotatable bonds is 4. The first-order valence-corrected chi connectivity index (χ1v) is 7.53. The van der Waals surface area contributed by atoms with Crippen LogP contribution in [0.15, 0.2) is 40.2 Å². The van der Waals surface area contributed by atoms with E-state index in [1.807, 2.05) is 0 Å². The predicted octanol–water partition coefficient (Wildman–Crippen LogP) is 3.96. The number of halogens is 1. The fourth-order valence-corrected chi connectivity index (χ4v) is 3.81. The van der Waals surface area contributed by atoms with Crippen molar-refractivity contribution in [1.29, 1.82) is 0 Å². The quantitative estimate of drug-likeness (QED) is 0.922. The van der Waals surface area contributed by atoms with Gasteiger partial charge in [0.15, 0.2) is 0 Å². The van der Waals surface area contributed by atoms with Crippen molar-refractivity contribution in [2.24, 2.45) is 5.73 Å². The van der Waals surface area contributed by atoms with Gasteiger partial charge in [0.2, 0.25) is 0 Å². The Kier molecular flexibility index (Phi) is 4.43. The van der Waals surface area contributed by atoms with Gasteiger partial charge in [-0.15, -0.1) is 11.3 Å². The number of nitrogens with two attached hydrogens (primary N) is 1. The number of likely N-dealkylation sites (N-methyl/N-ethyl adjacent to an activating group) is 1. The summed E-state index contributed by atoms with van der Waals surface area (Å²) in [4.78, 5) is 3.52. The Bertz CT molecular complexity index is 524. The van der Waals surface area contributed by atoms with Gasteiger partial charge in [0.25, 0.3) is 0 Å². The fraction of sp³-hybridized carbons (Fsp3) is 0.286. The van der Waals surface area contributed by atoms with Crippen LogP contribution < -0.4 is 10.6 Å². The van der Waals surface area contributed by atoms with Crippen molar-refractivity contribution in [2.45, 2.75) is 13.0 Å². The predicted molar refractivity (Wildman–Crippen MR) is 83.4 cm³/mol. The molecule has 18 heavy (non-hydrogen) atoms. The van der Waals surface area contributed by atoms with Crippen molar-refractivity contribution in [3.63, 3.8) is 0 Å². The summed E-state index contributed by atoms with van der Waals surface area (Å²) in [6.07, 6.45) is 0. The van der Waals surface area contributed by atoms with E-state index in [9.17, 15) is 0 Å². The van der Waals surface area contributed by atoms with Crippen LogP contribution in [-0.2, 0) is 0 Å². The van der Waals surface area contributed by atoms with Crippen LogP contribution >= 0.6 is 27.3 Å². The minimum atomic E-state index is 0.209. The van der Waals surface area contributed by atoms with Gasteiger partial charge in [-0.05, 0) is 52.0 Å². The highest BCUT2D eigenvalue weighted by Gasteiger charge is 2.19. The maximum atomic E-state index is 5.95. The minimum absolute atomic E-state index is 0.209. The molecular formula is C14H17BrN2S. The van der Waals surface area contributed by atoms with Crippen molar-refractivity contribution in [3.05, 3.63) is 50.6 Å². The Morgan fingerprint density at radius 1 is 1.39 bits per heavy atom. The van der Waals surface area contributed by atoms with Crippen molar-refractivity contribution in [3.8, 4) is 0 Å². The van der Waals surface area contributed by atoms with E-state index in [0.29, 0.717) is 6.54 Å². The van der Waals surface area contributed by atoms with E-state index in [4.69, 9.17) is 5.73 Å². The Hall–Kier alpha value is -0.840. The van der Waals surface area contributed by atoms with Gasteiger partial charge in [-0.3, -0.25) is 0 Å². The highest BCUT2D eigenvalue weighted by Crippen LogP contribution is 2.34. The molecule has 2 rings (SSSR count). The van der Waals surface area contributed by atoms with Gasteiger partial charge >= 0.3 is 0 Å². The lowest BCUT2D eigenvalue weighted by molar-refractivity contribution is 0.690. The third kappa shape index (κ3) is 2.76. The summed E-state index contributed by atoms with van der Waals surface area (Å²) in [5.41, 5.74) is 8.42. The lowest BCUT2D eigenvalue weighted by atomic mass is 10.1. The molecule has 0 saturated carbocycles. The summed E-state index contributed by atoms with van der Waals surface area (Å²) in [5.74, 6) is 0. The van der Waals surface area contributed by atoms with Gasteiger partial charge in [0, 0.05) is 28.6 Å². The lowest BCUT2D eigenvalue weighted by Gasteiger charge is -2.29. The maximum Gasteiger partial charge on any atom is 0.0765 e. The molecule has 2 N–H and O–H groups in total. The molecule has 2 nitrogen and oxygen atoms in total. The molecule has 0 amide bonds. The Morgan fingerprint density at radius 3 is 2.72 bits per heavy atom. The summed E-state index contributed by atoms with van der Waals surface area (Å²) in [6, 6.07) is 10.8. The minimum Gasteiger partial charge on any atom is -0.365 e. The van der Waals surface area contributed by atoms with Crippen LogP contribution in [0.5, 0.6) is 0 Å². The van der Waals surface area contributed by atoms with Gasteiger partial charge in [-0.2, -0.15) is 0 Å². The van der Waals surface area contributed by atoms with Crippen molar-refractivity contribution in [1.82, 2.24) is 0 Å². The first-order valence-electron chi connectivity index (χ1n) is 5.86. The summed E-state index contributed by atoms with van der Waals surface area (Å²) < 4.78 is 1.14. The SMILES string of the molecule is Cc1cccc(N(C)C(CN)c2sccc2Br)c1. The average Bonchev–Trinajstić information content (AvgIpc) is 2.77. The summed E-state index contributed by atoms with van der Waals surface area (Å²) >= 11 is 5.33. The number of hydrogen-bond acceptors (Lipinski definition) is 3. The summed E-state index contributed by atoms with van der Waals surface area (Å²) in [5, 5.41) is 2.09. The molecule has 4 heteroatoms. The Labute approximate surface area is 121 Å². The molecule has 1 aromatic carbocycles. The number of anilines is 1. The van der Waals surface area contributed by atoms with Gasteiger partial charge in [0.1, 0.15) is 0 Å². The molecule has 0 aliphatic heterocycles. The number of aryl methyl sites for hydroxylation is 1. The van der Waals surface area contributed by atoms with Gasteiger partial charge in [-0.25, -0.2) is 0 Å². The Balaban J connectivity index is 2.31. The molecule has 1 heterocycles. The normalized spacial score (nSPS) is 12.4. The summed E-state index contributed by atoms with van der Waals surface area (Å²) in [6.45, 7) is 2.71. The van der Waals surface area contributed by atoms with Crippen molar-refractivity contribution in [2.75, 3.05) is 18.5 Å². The maximum absolute atomic E-state index is 5.95. The standard InChI is InChI=1S/C14H17BrN2S/c1-10-4-3-5-11(8-10)17(2)13(9-16)14-12(15)6-7-18-14/h3-8,13H,9,16H2,1-2H3. The first-order chi connectivity index (χ1) is 8.63. The zero-order valence-corrected chi connectivity index (χ0v) is 13.0. The fourth-order valence-electron chi connectivity index (χ4n) is 2.01. The van der Waals surface area contributed by atoms with Crippen molar-refractivity contribution < 1.29 is 0 Å². The molecule has 1 aromatic heterocycles. The molecule has 0 aliphatic carbocycles. The second kappa shape index (κ2) is 5.87. The van der Waals surface area contributed by atoms with Crippen LogP contribution in [0, 0.1) is 6.92 Å². The van der Waals surface area contributed by atoms with E-state index in [0.717, 1.165) is 4.47 Å². The zero-order chi connectivity index (χ0) is 13.1. The second-order valence-corrected chi connectivity index (χ2v) is 6.14. The third-order valence-electron chi connectivity index (χ3n) is 3.05. The molecule has 96 valence electrons. The lowest BCUT2D eigenvalue weighted by Crippen LogP contribution is -2.30. The smallest absolute Gasteiger partial charge is 0.0765 e. The van der Waals surface area contributed by atoms with Crippen molar-refractivity contribution >= 4 is 33.0 Å². The van der Waals surface area contributed by atoms with E-state index < -0.39 is 0 Å². The van der Waals surface area contributed by atoms with Crippen LogP contribution in [-0.4, -0.2) is 13.6 Å². The second-order valence-electron chi connectivity index (χ2n) is 4.33. The monoisotopic (exact) mass is 324 g/mol. The molecule has 0 radical (unpaired) electrons. The highest BCUT2D eigenvalue weighted by atomic mass is 79.9. The molecule has 0 bridgehead atoms. The van der Waals surface area contributed by atoms with E-state index in [-0.39, 0.29) is 6.04 Å². The van der Waals surface area contributed by atoms with Crippen LogP contribution in [0.4, 0.5) is 5.69 Å². The molecule has 0 saturated heterocycles. The Morgan fingerprint density at radius 2 is 2.17 bits per heavy atom. The van der Waals surface area contributed by atoms with E-state index in [2.05, 4.69) is 70.5 Å². The highest BCUT2D eigenvalue weighted by molar-refractivity contribution is 9.10. The molecule has 1 atom stereocenters. The van der Waals surface area contributed by atoms with Gasteiger partial charge in [-0.1, -0.05) is 12.1 Å². The number of hydrogen-bond donors (Lipinski definition) is 1. The molecule has 0 fully saturated rings. The number of benzene rings is 1. The third-order valence-corrected chi connectivity index (χ3v) is 5.02. The summed E-state index contributed by atoms with van der Waals surface area (Å²) in [7, 11) is 2.10. The number of nitrogens with zero attached hydrogens (tertiary/aromatic N) is 1. The van der Waals surface area contributed by atoms with Crippen LogP contribution in [0.2, 0.25) is 0 Å². The van der Waals surface area contributed by atoms with E-state index in [1.54, 1.807) is 11.3 Å². The molecule has 0 spiro atoms. The van der Waals surface area contributed by atoms with Crippen LogP contribution in [0.1, 0.15) is 16.5 Å². The molecule has 0 aliphatic rings. The van der Waals surface area contributed by atoms with Gasteiger partial charge in [0.05, 0.1) is 6.04 Å². The largest absolute Gasteiger partial charge is 0.365 e. The zero-order valence-electron chi connectivity index (χ0n) is 10.6. The van der Waals surface area contributed by atoms with Crippen LogP contribution in [0.3, 0.4) is 0 Å². The first kappa shape index (κ1) is 13.6. The van der Waals surface area contributed by atoms with Crippen LogP contribution in [0.25, 0.3) is 0 Å². The number of thiophene rings is 1.